The molecule has 0 saturated carbocycles. The summed E-state index contributed by atoms with van der Waals surface area (Å²) in [6.07, 6.45) is 0. The number of nitrogens with one attached hydrogen (secondary N) is 2. The van der Waals surface area contributed by atoms with Gasteiger partial charge in [0.2, 0.25) is 0 Å². The molecule has 1 atom stereocenters. The average molecular weight is 342 g/mol. The standard InChI is InChI=1S/C22H22N4/c1-16(20-12-6-10-19-9-3-4-11-21(19)20)26-22(24-2)25-15-18-8-5-7-17(13-18)14-23/h3-13,16H,15H2,1-2H3,(H2,24,25,26). The minimum absolute atomic E-state index is 0.109. The van der Waals surface area contributed by atoms with E-state index in [0.717, 1.165) is 11.5 Å². The van der Waals surface area contributed by atoms with Gasteiger partial charge in [0.1, 0.15) is 0 Å². The van der Waals surface area contributed by atoms with Gasteiger partial charge in [-0.15, -0.1) is 0 Å². The van der Waals surface area contributed by atoms with Crippen LogP contribution in [0.3, 0.4) is 0 Å². The lowest BCUT2D eigenvalue weighted by atomic mass is 10.00. The normalized spacial score (nSPS) is 12.4. The maximum Gasteiger partial charge on any atom is 0.191 e. The molecule has 0 aliphatic carbocycles. The molecule has 0 aromatic heterocycles. The fourth-order valence-electron chi connectivity index (χ4n) is 3.04. The van der Waals surface area contributed by atoms with E-state index in [-0.39, 0.29) is 6.04 Å². The summed E-state index contributed by atoms with van der Waals surface area (Å²) in [6.45, 7) is 2.74. The number of hydrogen-bond acceptors (Lipinski definition) is 2. The highest BCUT2D eigenvalue weighted by atomic mass is 15.2. The molecule has 0 spiro atoms. The van der Waals surface area contributed by atoms with E-state index in [0.29, 0.717) is 12.1 Å². The Balaban J connectivity index is 1.70. The maximum absolute atomic E-state index is 9.01. The first-order valence-electron chi connectivity index (χ1n) is 8.65. The van der Waals surface area contributed by atoms with Gasteiger partial charge < -0.3 is 10.6 Å². The van der Waals surface area contributed by atoms with Crippen molar-refractivity contribution in [2.75, 3.05) is 7.05 Å². The molecule has 3 rings (SSSR count). The zero-order valence-electron chi connectivity index (χ0n) is 15.0. The predicted molar refractivity (Wildman–Crippen MR) is 107 cm³/mol. The summed E-state index contributed by atoms with van der Waals surface area (Å²) in [5, 5.41) is 18.2. The number of guanidine groups is 1. The van der Waals surface area contributed by atoms with Crippen LogP contribution >= 0.6 is 0 Å². The quantitative estimate of drug-likeness (QED) is 0.553. The van der Waals surface area contributed by atoms with E-state index in [2.05, 4.69) is 71.1 Å². The van der Waals surface area contributed by atoms with Crippen molar-refractivity contribution in [2.45, 2.75) is 19.5 Å². The van der Waals surface area contributed by atoms with E-state index in [4.69, 9.17) is 5.26 Å². The lowest BCUT2D eigenvalue weighted by molar-refractivity contribution is 0.690. The molecular formula is C22H22N4. The molecular weight excluding hydrogens is 320 g/mol. The number of benzene rings is 3. The first-order chi connectivity index (χ1) is 12.7. The van der Waals surface area contributed by atoms with Gasteiger partial charge in [-0.05, 0) is 41.0 Å². The molecule has 0 amide bonds. The van der Waals surface area contributed by atoms with Crippen LogP contribution in [-0.2, 0) is 6.54 Å². The van der Waals surface area contributed by atoms with Crippen LogP contribution in [0.5, 0.6) is 0 Å². The number of hydrogen-bond donors (Lipinski definition) is 2. The van der Waals surface area contributed by atoms with E-state index in [1.807, 2.05) is 18.2 Å². The summed E-state index contributed by atoms with van der Waals surface area (Å²) in [6, 6.07) is 24.6. The van der Waals surface area contributed by atoms with Crippen molar-refractivity contribution in [2.24, 2.45) is 4.99 Å². The Labute approximate surface area is 154 Å². The number of aliphatic imine (C=N–C) groups is 1. The van der Waals surface area contributed by atoms with Crippen molar-refractivity contribution in [3.05, 3.63) is 83.4 Å². The zero-order valence-corrected chi connectivity index (χ0v) is 15.0. The molecule has 0 heterocycles. The molecule has 1 unspecified atom stereocenters. The molecule has 0 aliphatic heterocycles. The lowest BCUT2D eigenvalue weighted by Gasteiger charge is -2.20. The van der Waals surface area contributed by atoms with Gasteiger partial charge in [-0.1, -0.05) is 54.6 Å². The topological polar surface area (TPSA) is 60.2 Å². The molecule has 26 heavy (non-hydrogen) atoms. The SMILES string of the molecule is CN=C(NCc1cccc(C#N)c1)NC(C)c1cccc2ccccc12. The number of nitriles is 1. The van der Waals surface area contributed by atoms with Crippen LogP contribution in [0.4, 0.5) is 0 Å². The molecule has 0 radical (unpaired) electrons. The number of nitrogens with zero attached hydrogens (tertiary/aromatic N) is 2. The molecule has 0 aliphatic rings. The Morgan fingerprint density at radius 3 is 2.65 bits per heavy atom. The highest BCUT2D eigenvalue weighted by Gasteiger charge is 2.11. The molecule has 0 bridgehead atoms. The fraction of sp³-hybridized carbons (Fsp3) is 0.182. The summed E-state index contributed by atoms with van der Waals surface area (Å²) < 4.78 is 0. The van der Waals surface area contributed by atoms with Gasteiger partial charge in [0, 0.05) is 13.6 Å². The van der Waals surface area contributed by atoms with Crippen molar-refractivity contribution in [1.82, 2.24) is 10.6 Å². The van der Waals surface area contributed by atoms with Crippen LogP contribution in [0.15, 0.2) is 71.7 Å². The van der Waals surface area contributed by atoms with Crippen molar-refractivity contribution in [1.29, 1.82) is 5.26 Å². The summed E-state index contributed by atoms with van der Waals surface area (Å²) in [7, 11) is 1.76. The highest BCUT2D eigenvalue weighted by Crippen LogP contribution is 2.23. The van der Waals surface area contributed by atoms with Crippen molar-refractivity contribution >= 4 is 16.7 Å². The smallest absolute Gasteiger partial charge is 0.191 e. The second kappa shape index (κ2) is 8.17. The van der Waals surface area contributed by atoms with E-state index in [1.165, 1.54) is 16.3 Å². The molecule has 2 N–H and O–H groups in total. The van der Waals surface area contributed by atoms with Crippen LogP contribution in [0, 0.1) is 11.3 Å². The number of rotatable bonds is 4. The van der Waals surface area contributed by atoms with Gasteiger partial charge in [0.25, 0.3) is 0 Å². The Kier molecular flexibility index (Phi) is 5.50. The summed E-state index contributed by atoms with van der Waals surface area (Å²) in [5.41, 5.74) is 2.94. The van der Waals surface area contributed by atoms with Gasteiger partial charge in [-0.25, -0.2) is 0 Å². The molecule has 0 fully saturated rings. The van der Waals surface area contributed by atoms with Crippen LogP contribution in [-0.4, -0.2) is 13.0 Å². The molecule has 4 heteroatoms. The Morgan fingerprint density at radius 1 is 1.08 bits per heavy atom. The van der Waals surface area contributed by atoms with E-state index < -0.39 is 0 Å². The predicted octanol–water partition coefficient (Wildman–Crippen LogP) is 4.14. The van der Waals surface area contributed by atoms with E-state index in [1.54, 1.807) is 13.1 Å². The van der Waals surface area contributed by atoms with Crippen LogP contribution in [0.2, 0.25) is 0 Å². The van der Waals surface area contributed by atoms with E-state index in [9.17, 15) is 0 Å². The minimum Gasteiger partial charge on any atom is -0.352 e. The average Bonchev–Trinajstić information content (AvgIpc) is 2.70. The monoisotopic (exact) mass is 342 g/mol. The molecule has 3 aromatic rings. The zero-order chi connectivity index (χ0) is 18.4. The summed E-state index contributed by atoms with van der Waals surface area (Å²) >= 11 is 0. The lowest BCUT2D eigenvalue weighted by Crippen LogP contribution is -2.38. The van der Waals surface area contributed by atoms with Crippen molar-refractivity contribution in [3.63, 3.8) is 0 Å². The van der Waals surface area contributed by atoms with Gasteiger partial charge in [0.15, 0.2) is 5.96 Å². The third-order valence-electron chi connectivity index (χ3n) is 4.38. The molecule has 0 saturated heterocycles. The highest BCUT2D eigenvalue weighted by molar-refractivity contribution is 5.87. The second-order valence-electron chi connectivity index (χ2n) is 6.17. The maximum atomic E-state index is 9.01. The Hall–Kier alpha value is -3.32. The molecule has 3 aromatic carbocycles. The first kappa shape index (κ1) is 17.5. The fourth-order valence-corrected chi connectivity index (χ4v) is 3.04. The van der Waals surface area contributed by atoms with Crippen molar-refractivity contribution in [3.8, 4) is 6.07 Å². The van der Waals surface area contributed by atoms with Gasteiger partial charge >= 0.3 is 0 Å². The minimum atomic E-state index is 0.109. The largest absolute Gasteiger partial charge is 0.352 e. The Bertz CT molecular complexity index is 964. The van der Waals surface area contributed by atoms with Crippen LogP contribution in [0.25, 0.3) is 10.8 Å². The first-order valence-corrected chi connectivity index (χ1v) is 8.65. The number of fused-ring (bicyclic) bond motifs is 1. The molecule has 130 valence electrons. The second-order valence-corrected chi connectivity index (χ2v) is 6.17. The third kappa shape index (κ3) is 4.01. The van der Waals surface area contributed by atoms with Gasteiger partial charge in [-0.3, -0.25) is 4.99 Å². The summed E-state index contributed by atoms with van der Waals surface area (Å²) in [4.78, 5) is 4.32. The van der Waals surface area contributed by atoms with E-state index >= 15 is 0 Å². The van der Waals surface area contributed by atoms with Gasteiger partial charge in [-0.2, -0.15) is 5.26 Å². The third-order valence-corrected chi connectivity index (χ3v) is 4.38. The van der Waals surface area contributed by atoms with Crippen molar-refractivity contribution < 1.29 is 0 Å². The Morgan fingerprint density at radius 2 is 1.85 bits per heavy atom. The summed E-state index contributed by atoms with van der Waals surface area (Å²) in [5.74, 6) is 0.729. The van der Waals surface area contributed by atoms with Gasteiger partial charge in [0.05, 0.1) is 17.7 Å². The molecule has 4 nitrogen and oxygen atoms in total. The van der Waals surface area contributed by atoms with Crippen LogP contribution in [0.1, 0.15) is 29.7 Å². The van der Waals surface area contributed by atoms with Crippen LogP contribution < -0.4 is 10.6 Å².